The van der Waals surface area contributed by atoms with Crippen molar-refractivity contribution in [3.8, 4) is 0 Å². The first-order valence-corrected chi connectivity index (χ1v) is 12.6. The molecule has 32 heavy (non-hydrogen) atoms. The summed E-state index contributed by atoms with van der Waals surface area (Å²) in [5.74, 6) is -0.604. The molecule has 3 aromatic rings. The summed E-state index contributed by atoms with van der Waals surface area (Å²) in [4.78, 5) is 44.1. The van der Waals surface area contributed by atoms with E-state index >= 15 is 0 Å². The number of aromatic nitrogens is 2. The summed E-state index contributed by atoms with van der Waals surface area (Å²) in [5, 5.41) is 4.16. The minimum Gasteiger partial charge on any atom is -0.366 e. The highest BCUT2D eigenvalue weighted by atomic mass is 32.2. The van der Waals surface area contributed by atoms with Gasteiger partial charge in [0.15, 0.2) is 5.16 Å². The minimum atomic E-state index is -0.516. The Morgan fingerprint density at radius 2 is 1.97 bits per heavy atom. The Hall–Kier alpha value is -2.65. The number of rotatable bonds is 7. The molecule has 1 aromatic carbocycles. The zero-order chi connectivity index (χ0) is 22.8. The monoisotopic (exact) mass is 470 g/mol. The van der Waals surface area contributed by atoms with Crippen LogP contribution in [-0.4, -0.2) is 27.1 Å². The van der Waals surface area contributed by atoms with Crippen LogP contribution in [-0.2, 0) is 17.6 Å². The normalized spacial score (nSPS) is 14.2. The van der Waals surface area contributed by atoms with Gasteiger partial charge in [0.2, 0.25) is 11.8 Å². The first-order chi connectivity index (χ1) is 15.4. The number of carbonyl (C=O) groups is 2. The fraction of sp³-hybridized carbons (Fsp3) is 0.391. The standard InChI is InChI=1S/C23H26N4O3S2/c1-3-13(2)27-22(30)19-16-6-4-5-7-17(16)32-21(19)26-23(27)31-12-18(28)25-15-10-8-14(9-11-15)20(24)29/h8-11,13H,3-7,12H2,1-2H3,(H2,24,29)(H,25,28). The van der Waals surface area contributed by atoms with Gasteiger partial charge < -0.3 is 11.1 Å². The van der Waals surface area contributed by atoms with Gasteiger partial charge >= 0.3 is 0 Å². The van der Waals surface area contributed by atoms with E-state index in [0.29, 0.717) is 16.4 Å². The molecule has 3 N–H and O–H groups in total. The van der Waals surface area contributed by atoms with Gasteiger partial charge in [0.1, 0.15) is 4.83 Å². The van der Waals surface area contributed by atoms with Gasteiger partial charge in [-0.15, -0.1) is 11.3 Å². The van der Waals surface area contributed by atoms with E-state index in [1.165, 1.54) is 22.2 Å². The highest BCUT2D eigenvalue weighted by molar-refractivity contribution is 7.99. The van der Waals surface area contributed by atoms with Crippen molar-refractivity contribution in [1.82, 2.24) is 9.55 Å². The Kier molecular flexibility index (Phi) is 6.66. The number of nitrogens with two attached hydrogens (primary N) is 1. The lowest BCUT2D eigenvalue weighted by Gasteiger charge is -2.18. The van der Waals surface area contributed by atoms with E-state index in [1.807, 2.05) is 13.8 Å². The molecule has 168 valence electrons. The maximum absolute atomic E-state index is 13.5. The summed E-state index contributed by atoms with van der Waals surface area (Å²) >= 11 is 2.89. The topological polar surface area (TPSA) is 107 Å². The lowest BCUT2D eigenvalue weighted by molar-refractivity contribution is -0.113. The Labute approximate surface area is 194 Å². The van der Waals surface area contributed by atoms with Gasteiger partial charge in [-0.05, 0) is 68.9 Å². The molecule has 7 nitrogen and oxygen atoms in total. The molecule has 1 atom stereocenters. The van der Waals surface area contributed by atoms with Crippen LogP contribution in [0.25, 0.3) is 10.2 Å². The number of benzene rings is 1. The number of thioether (sulfide) groups is 1. The van der Waals surface area contributed by atoms with Gasteiger partial charge in [-0.1, -0.05) is 18.7 Å². The molecule has 9 heteroatoms. The first-order valence-electron chi connectivity index (χ1n) is 10.8. The van der Waals surface area contributed by atoms with Crippen LogP contribution in [0, 0.1) is 0 Å². The van der Waals surface area contributed by atoms with E-state index in [1.54, 1.807) is 40.2 Å². The number of primary amides is 1. The molecule has 0 aliphatic heterocycles. The summed E-state index contributed by atoms with van der Waals surface area (Å²) in [5.41, 5.74) is 7.39. The van der Waals surface area contributed by atoms with E-state index in [-0.39, 0.29) is 23.3 Å². The van der Waals surface area contributed by atoms with Crippen molar-refractivity contribution in [3.63, 3.8) is 0 Å². The molecule has 0 fully saturated rings. The highest BCUT2D eigenvalue weighted by Gasteiger charge is 2.24. The second kappa shape index (κ2) is 9.46. The molecular weight excluding hydrogens is 444 g/mol. The number of hydrogen-bond acceptors (Lipinski definition) is 6. The fourth-order valence-corrected chi connectivity index (χ4v) is 6.12. The van der Waals surface area contributed by atoms with E-state index in [9.17, 15) is 14.4 Å². The molecular formula is C23H26N4O3S2. The Morgan fingerprint density at radius 3 is 2.66 bits per heavy atom. The molecule has 4 rings (SSSR count). The van der Waals surface area contributed by atoms with Crippen LogP contribution in [0.4, 0.5) is 5.69 Å². The number of fused-ring (bicyclic) bond motifs is 3. The van der Waals surface area contributed by atoms with Crippen molar-refractivity contribution in [2.75, 3.05) is 11.1 Å². The third-order valence-electron chi connectivity index (χ3n) is 5.81. The smallest absolute Gasteiger partial charge is 0.263 e. The van der Waals surface area contributed by atoms with Gasteiger partial charge in [-0.25, -0.2) is 4.98 Å². The quantitative estimate of drug-likeness (QED) is 0.399. The predicted octanol–water partition coefficient (Wildman–Crippen LogP) is 4.14. The second-order valence-corrected chi connectivity index (χ2v) is 10.0. The molecule has 0 bridgehead atoms. The maximum Gasteiger partial charge on any atom is 0.263 e. The van der Waals surface area contributed by atoms with Crippen molar-refractivity contribution in [2.24, 2.45) is 5.73 Å². The van der Waals surface area contributed by atoms with Crippen LogP contribution in [0.15, 0.2) is 34.2 Å². The van der Waals surface area contributed by atoms with Crippen LogP contribution in [0.5, 0.6) is 0 Å². The lowest BCUT2D eigenvalue weighted by Crippen LogP contribution is -2.27. The van der Waals surface area contributed by atoms with Crippen molar-refractivity contribution in [3.05, 3.63) is 50.6 Å². The average molecular weight is 471 g/mol. The highest BCUT2D eigenvalue weighted by Crippen LogP contribution is 2.35. The minimum absolute atomic E-state index is 0.00805. The fourth-order valence-electron chi connectivity index (χ4n) is 3.92. The summed E-state index contributed by atoms with van der Waals surface area (Å²) in [6.45, 7) is 4.06. The molecule has 1 unspecified atom stereocenters. The molecule has 2 amide bonds. The van der Waals surface area contributed by atoms with Gasteiger partial charge in [0.25, 0.3) is 5.56 Å². The molecule has 1 aliphatic carbocycles. The third kappa shape index (κ3) is 4.45. The Balaban J connectivity index is 1.58. The van der Waals surface area contributed by atoms with Crippen LogP contribution in [0.3, 0.4) is 0 Å². The maximum atomic E-state index is 13.5. The summed E-state index contributed by atoms with van der Waals surface area (Å²) in [6.07, 6.45) is 5.01. The molecule has 1 aliphatic rings. The van der Waals surface area contributed by atoms with Crippen LogP contribution in [0.1, 0.15) is 60.0 Å². The van der Waals surface area contributed by atoms with E-state index in [4.69, 9.17) is 10.7 Å². The lowest BCUT2D eigenvalue weighted by atomic mass is 9.97. The van der Waals surface area contributed by atoms with Gasteiger partial charge in [-0.3, -0.25) is 19.0 Å². The molecule has 0 saturated heterocycles. The van der Waals surface area contributed by atoms with E-state index in [2.05, 4.69) is 5.32 Å². The van der Waals surface area contributed by atoms with Crippen LogP contribution < -0.4 is 16.6 Å². The van der Waals surface area contributed by atoms with E-state index < -0.39 is 5.91 Å². The number of aryl methyl sites for hydroxylation is 2. The number of anilines is 1. The zero-order valence-corrected chi connectivity index (χ0v) is 19.8. The average Bonchev–Trinajstić information content (AvgIpc) is 3.16. The Bertz CT molecular complexity index is 1230. The summed E-state index contributed by atoms with van der Waals surface area (Å²) in [6, 6.07) is 6.40. The van der Waals surface area contributed by atoms with Gasteiger partial charge in [0.05, 0.1) is 11.1 Å². The number of hydrogen-bond donors (Lipinski definition) is 2. The number of carbonyl (C=O) groups excluding carboxylic acids is 2. The molecule has 0 spiro atoms. The molecule has 0 radical (unpaired) electrons. The number of amides is 2. The predicted molar refractivity (Wildman–Crippen MR) is 130 cm³/mol. The van der Waals surface area contributed by atoms with Crippen molar-refractivity contribution >= 4 is 50.8 Å². The summed E-state index contributed by atoms with van der Waals surface area (Å²) in [7, 11) is 0. The van der Waals surface area contributed by atoms with Crippen LogP contribution >= 0.6 is 23.1 Å². The summed E-state index contributed by atoms with van der Waals surface area (Å²) < 4.78 is 1.75. The second-order valence-electron chi connectivity index (χ2n) is 8.00. The van der Waals surface area contributed by atoms with Crippen molar-refractivity contribution in [1.29, 1.82) is 0 Å². The molecule has 2 heterocycles. The SMILES string of the molecule is CCC(C)n1c(SCC(=O)Nc2ccc(C(N)=O)cc2)nc2sc3c(c2c1=O)CCCC3. The van der Waals surface area contributed by atoms with Crippen molar-refractivity contribution < 1.29 is 9.59 Å². The zero-order valence-electron chi connectivity index (χ0n) is 18.1. The van der Waals surface area contributed by atoms with E-state index in [0.717, 1.165) is 42.3 Å². The first kappa shape index (κ1) is 22.5. The number of nitrogens with zero attached hydrogens (tertiary/aromatic N) is 2. The van der Waals surface area contributed by atoms with Gasteiger partial charge in [0, 0.05) is 22.2 Å². The van der Waals surface area contributed by atoms with Crippen molar-refractivity contribution in [2.45, 2.75) is 57.1 Å². The number of thiophene rings is 1. The van der Waals surface area contributed by atoms with Crippen LogP contribution in [0.2, 0.25) is 0 Å². The molecule has 2 aromatic heterocycles. The third-order valence-corrected chi connectivity index (χ3v) is 7.94. The number of nitrogens with one attached hydrogen (secondary N) is 1. The largest absolute Gasteiger partial charge is 0.366 e. The molecule has 0 saturated carbocycles. The Morgan fingerprint density at radius 1 is 1.25 bits per heavy atom. The van der Waals surface area contributed by atoms with Gasteiger partial charge in [-0.2, -0.15) is 0 Å².